The molecule has 0 saturated carbocycles. The summed E-state index contributed by atoms with van der Waals surface area (Å²) in [6, 6.07) is 9.88. The number of nitrogens with two attached hydrogens (primary N) is 3. The van der Waals surface area contributed by atoms with Crippen molar-refractivity contribution in [2.24, 2.45) is 29.0 Å². The first-order valence-corrected chi connectivity index (χ1v) is 39.3. The van der Waals surface area contributed by atoms with Crippen molar-refractivity contribution in [3.05, 3.63) is 120 Å². The molecule has 0 unspecified atom stereocenters. The number of primary amides is 1. The number of para-hydroxylation sites is 2. The fraction of sp³-hybridized carbons (Fsp3) is 0.474. The average molecular weight is 1600 g/mol. The lowest BCUT2D eigenvalue weighted by Crippen LogP contribution is -2.61. The van der Waals surface area contributed by atoms with Gasteiger partial charge in [-0.25, -0.2) is 0 Å². The third kappa shape index (κ3) is 27.0. The zero-order valence-electron chi connectivity index (χ0n) is 64.5. The normalized spacial score (nSPS) is 22.9. The van der Waals surface area contributed by atoms with Crippen LogP contribution >= 0.6 is 11.8 Å². The predicted octanol–water partition coefficient (Wildman–Crippen LogP) is -0.737. The van der Waals surface area contributed by atoms with E-state index in [1.165, 1.54) is 0 Å². The highest BCUT2D eigenvalue weighted by atomic mass is 32.2. The number of aliphatic hydroxyl groups excluding tert-OH is 1. The number of H-pyrrole nitrogens is 2. The van der Waals surface area contributed by atoms with Crippen LogP contribution in [0.4, 0.5) is 0 Å². The Hall–Kier alpha value is -11.7. The number of benzene rings is 4. The van der Waals surface area contributed by atoms with Gasteiger partial charge in [0.2, 0.25) is 76.8 Å². The first-order chi connectivity index (χ1) is 54.5. The van der Waals surface area contributed by atoms with Gasteiger partial charge in [-0.15, -0.1) is 11.8 Å². The van der Waals surface area contributed by atoms with Crippen LogP contribution in [-0.4, -0.2) is 213 Å². The molecule has 0 radical (unpaired) electrons. The van der Waals surface area contributed by atoms with Crippen LogP contribution in [0, 0.1) is 17.2 Å². The molecule has 13 amide bonds. The molecular weight excluding hydrogens is 1490 g/mol. The lowest BCUT2D eigenvalue weighted by molar-refractivity contribution is -0.141. The Kier molecular flexibility index (Phi) is 35.0. The molecule has 1 saturated heterocycles. The van der Waals surface area contributed by atoms with Gasteiger partial charge in [0.15, 0.2) is 5.96 Å². The van der Waals surface area contributed by atoms with Gasteiger partial charge in [-0.2, -0.15) is 0 Å². The molecule has 1 fully saturated rings. The number of aliphatic hydroxyl groups is 1. The van der Waals surface area contributed by atoms with E-state index in [1.807, 2.05) is 43.3 Å². The summed E-state index contributed by atoms with van der Waals surface area (Å²) in [5.74, 6) is -16.6. The van der Waals surface area contributed by atoms with Gasteiger partial charge >= 0.3 is 5.97 Å². The minimum Gasteiger partial charge on any atom is -0.481 e. The number of guanidine groups is 1. The number of aromatic amines is 2. The fourth-order valence-electron chi connectivity index (χ4n) is 13.0. The number of unbranched alkanes of at least 4 members (excludes halogenated alkanes) is 2. The largest absolute Gasteiger partial charge is 0.481 e. The zero-order valence-corrected chi connectivity index (χ0v) is 65.3. The van der Waals surface area contributed by atoms with E-state index in [-0.39, 0.29) is 76.6 Å². The fourth-order valence-corrected chi connectivity index (χ4v) is 13.8. The maximum absolute atomic E-state index is 15.1. The number of carboxylic acids is 1. The zero-order chi connectivity index (χ0) is 83.1. The topological polar surface area (TPSA) is 569 Å². The smallest absolute Gasteiger partial charge is 0.305 e. The van der Waals surface area contributed by atoms with Crippen LogP contribution in [0.5, 0.6) is 0 Å². The van der Waals surface area contributed by atoms with E-state index in [2.05, 4.69) is 79.1 Å². The lowest BCUT2D eigenvalue weighted by Gasteiger charge is -2.29. The van der Waals surface area contributed by atoms with Gasteiger partial charge < -0.3 is 107 Å². The molecule has 0 aliphatic carbocycles. The van der Waals surface area contributed by atoms with E-state index in [0.717, 1.165) is 22.5 Å². The van der Waals surface area contributed by atoms with E-state index < -0.39 is 192 Å². The van der Waals surface area contributed by atoms with Crippen molar-refractivity contribution in [1.82, 2.24) is 79.1 Å². The number of hydrogen-bond donors (Lipinski definition) is 21. The van der Waals surface area contributed by atoms with E-state index >= 15 is 14.4 Å². The lowest BCUT2D eigenvalue weighted by atomic mass is 9.96. The highest BCUT2D eigenvalue weighted by Gasteiger charge is 2.39. The van der Waals surface area contributed by atoms with Gasteiger partial charge in [-0.05, 0) is 96.5 Å². The summed E-state index contributed by atoms with van der Waals surface area (Å²) >= 11 is 0.864. The van der Waals surface area contributed by atoms with Crippen molar-refractivity contribution in [3.63, 3.8) is 0 Å². The van der Waals surface area contributed by atoms with E-state index in [4.69, 9.17) is 22.6 Å². The third-order valence-electron chi connectivity index (χ3n) is 19.5. The summed E-state index contributed by atoms with van der Waals surface area (Å²) in [5, 5.41) is 65.3. The summed E-state index contributed by atoms with van der Waals surface area (Å²) in [6.07, 6.45) is 2.91. The second kappa shape index (κ2) is 44.5. The molecule has 1 aliphatic rings. The Bertz CT molecular complexity index is 4400. The van der Waals surface area contributed by atoms with Gasteiger partial charge in [-0.1, -0.05) is 133 Å². The van der Waals surface area contributed by atoms with Crippen LogP contribution in [0.3, 0.4) is 0 Å². The molecule has 12 atom stereocenters. The highest BCUT2D eigenvalue weighted by molar-refractivity contribution is 8.00. The van der Waals surface area contributed by atoms with Crippen LogP contribution in [0.25, 0.3) is 32.6 Å². The SMILES string of the molecule is CCCC[C@@H]1NC(=O)[C@H](Cc2c[nH]c3ccccc23)NC(=O)[C@H](CC(=O)O)NC(=O)[C@H](CCCNC(=N)N)NC(=O)CNC(=O)[C@H](CO)NC(=O)[C@H]([C@@H](C)CC)NC(=O)[C@@H](Cc2ccc3ccccc3c2)NC(=O)CSC[C@@H](C(N)=O)NC(=O)[C@H](C(C)C)NC(=O)[C@H](Cc2c[nH]c3ccccc23)NC(=O)[C@H](CCCCN)NC1=O. The van der Waals surface area contributed by atoms with Crippen LogP contribution in [0.2, 0.25) is 0 Å². The van der Waals surface area contributed by atoms with Crippen LogP contribution in [0.15, 0.2) is 103 Å². The number of carbonyl (C=O) groups is 14. The second-order valence-corrected chi connectivity index (χ2v) is 29.6. The number of fused-ring (bicyclic) bond motifs is 3. The standard InChI is InChI=1S/C78H107N19O16S/c1-6-8-22-54-70(106)89-55(25-15-16-29-79)71(107)91-58(34-48-37-85-52-24-14-12-21-50(48)52)75(111)96-65(42(3)4)76(112)95-61(67(80)103)40-114-41-63(100)88-56(32-44-27-28-45-18-9-10-19-46(45)31-44)74(110)97-66(43(5)7-2)77(113)94-60(39-98)68(104)86-38-62(99)87-53(26-17-30-83-78(81)82)69(105)93-59(35-64(101)102)73(109)92-57(72(108)90-54)33-47-36-84-51-23-13-11-20-49(47)51/h9-14,18-21,23-24,27-28,31,36-37,42-43,53-61,65-66,84-85,98H,6-8,15-17,22,25-26,29-30,32-35,38-41,79H2,1-5H3,(H2,80,103)(H,86,104)(H,87,99)(H,88,100)(H,89,106)(H,90,108)(H,91,107)(H,92,109)(H,93,105)(H,94,113)(H,95,112)(H,96,111)(H,97,110)(H,101,102)(H4,81,82,83)/t43-,53-,54-,55-,56+,57-,58-,59-,60-,61-,65-,66-/m0/s1. The number of hydrogen-bond acceptors (Lipinski definition) is 18. The van der Waals surface area contributed by atoms with Crippen LogP contribution < -0.4 is 86.3 Å². The average Bonchev–Trinajstić information content (AvgIpc) is 1.62. The van der Waals surface area contributed by atoms with E-state index in [9.17, 15) is 63.0 Å². The first-order valence-electron chi connectivity index (χ1n) is 38.2. The number of nitrogens with one attached hydrogen (secondary N) is 16. The summed E-state index contributed by atoms with van der Waals surface area (Å²) in [4.78, 5) is 207. The number of rotatable bonds is 24. The molecule has 36 heteroatoms. The molecule has 6 aromatic rings. The van der Waals surface area contributed by atoms with Crippen LogP contribution in [0.1, 0.15) is 116 Å². The minimum atomic E-state index is -1.99. The third-order valence-corrected chi connectivity index (χ3v) is 20.6. The van der Waals surface area contributed by atoms with Gasteiger partial charge in [0.1, 0.15) is 66.5 Å². The van der Waals surface area contributed by atoms with Gasteiger partial charge in [0, 0.05) is 65.8 Å². The Morgan fingerprint density at radius 1 is 0.526 bits per heavy atom. The van der Waals surface area contributed by atoms with Crippen molar-refractivity contribution >= 4 is 133 Å². The molecule has 114 heavy (non-hydrogen) atoms. The van der Waals surface area contributed by atoms with Crippen LogP contribution in [-0.2, 0) is 86.4 Å². The van der Waals surface area contributed by atoms with Crippen molar-refractivity contribution in [3.8, 4) is 0 Å². The number of thioether (sulfide) groups is 1. The summed E-state index contributed by atoms with van der Waals surface area (Å²) < 4.78 is 0. The Morgan fingerprint density at radius 3 is 1.56 bits per heavy atom. The molecule has 0 bridgehead atoms. The summed E-state index contributed by atoms with van der Waals surface area (Å²) in [5.41, 5.74) is 20.3. The van der Waals surface area contributed by atoms with Crippen molar-refractivity contribution in [2.45, 2.75) is 185 Å². The monoisotopic (exact) mass is 1600 g/mol. The van der Waals surface area contributed by atoms with Gasteiger partial charge in [-0.3, -0.25) is 72.5 Å². The summed E-state index contributed by atoms with van der Waals surface area (Å²) in [7, 11) is 0. The predicted molar refractivity (Wildman–Crippen MR) is 428 cm³/mol. The number of amides is 13. The Balaban J connectivity index is 1.27. The van der Waals surface area contributed by atoms with Gasteiger partial charge in [0.05, 0.1) is 25.3 Å². The first kappa shape index (κ1) is 89.5. The summed E-state index contributed by atoms with van der Waals surface area (Å²) in [6.45, 7) is 6.61. The maximum atomic E-state index is 15.1. The molecule has 7 rings (SSSR count). The molecule has 1 aliphatic heterocycles. The Morgan fingerprint density at radius 2 is 1.01 bits per heavy atom. The number of carbonyl (C=O) groups excluding carboxylic acids is 13. The maximum Gasteiger partial charge on any atom is 0.305 e. The van der Waals surface area contributed by atoms with E-state index in [1.54, 1.807) is 94.7 Å². The number of aromatic nitrogens is 2. The molecule has 2 aromatic heterocycles. The van der Waals surface area contributed by atoms with E-state index in [0.29, 0.717) is 57.8 Å². The molecule has 24 N–H and O–H groups in total. The molecule has 35 nitrogen and oxygen atoms in total. The number of aliphatic carboxylic acids is 1. The van der Waals surface area contributed by atoms with Crippen molar-refractivity contribution < 1.29 is 77.3 Å². The highest BCUT2D eigenvalue weighted by Crippen LogP contribution is 2.24. The minimum absolute atomic E-state index is 0.00315. The van der Waals surface area contributed by atoms with Crippen molar-refractivity contribution in [2.75, 3.05) is 37.7 Å². The second-order valence-electron chi connectivity index (χ2n) is 28.6. The van der Waals surface area contributed by atoms with Gasteiger partial charge in [0.25, 0.3) is 0 Å². The molecular formula is C78H107N19O16S. The molecule has 4 aromatic carbocycles. The molecule has 0 spiro atoms. The quantitative estimate of drug-likeness (QED) is 0.0202. The molecule has 3 heterocycles. The van der Waals surface area contributed by atoms with Crippen molar-refractivity contribution in [1.29, 1.82) is 5.41 Å². The molecule has 616 valence electrons. The Labute approximate surface area is 663 Å². The number of carboxylic acid groups (broad SMARTS) is 1.